The second-order valence-electron chi connectivity index (χ2n) is 5.20. The summed E-state index contributed by atoms with van der Waals surface area (Å²) in [6, 6.07) is 11.6. The van der Waals surface area contributed by atoms with Gasteiger partial charge in [0.15, 0.2) is 0 Å². The molecule has 1 aromatic carbocycles. The Morgan fingerprint density at radius 1 is 1.29 bits per heavy atom. The fraction of sp³-hybridized carbons (Fsp3) is 0.176. The average Bonchev–Trinajstić information content (AvgIpc) is 2.91. The van der Waals surface area contributed by atoms with Crippen LogP contribution >= 0.6 is 0 Å². The van der Waals surface area contributed by atoms with E-state index in [1.165, 1.54) is 0 Å². The van der Waals surface area contributed by atoms with Gasteiger partial charge >= 0.3 is 0 Å². The van der Waals surface area contributed by atoms with Crippen LogP contribution in [0.15, 0.2) is 48.8 Å². The van der Waals surface area contributed by atoms with Gasteiger partial charge in [0, 0.05) is 23.3 Å². The number of H-pyrrole nitrogens is 1. The predicted molar refractivity (Wildman–Crippen MR) is 83.2 cm³/mol. The van der Waals surface area contributed by atoms with Crippen molar-refractivity contribution >= 4 is 16.8 Å². The third kappa shape index (κ3) is 2.65. The van der Waals surface area contributed by atoms with Gasteiger partial charge in [-0.25, -0.2) is 0 Å². The minimum Gasteiger partial charge on any atom is -0.360 e. The number of nitrogens with zero attached hydrogens (tertiary/aromatic N) is 1. The van der Waals surface area contributed by atoms with Gasteiger partial charge in [-0.1, -0.05) is 17.7 Å². The molecule has 0 aliphatic heterocycles. The summed E-state index contributed by atoms with van der Waals surface area (Å²) in [7, 11) is 0. The number of pyridine rings is 1. The van der Waals surface area contributed by atoms with E-state index in [9.17, 15) is 4.79 Å². The molecule has 3 rings (SSSR count). The van der Waals surface area contributed by atoms with Crippen molar-refractivity contribution in [3.05, 3.63) is 65.6 Å². The summed E-state index contributed by atoms with van der Waals surface area (Å²) < 4.78 is 0. The van der Waals surface area contributed by atoms with Gasteiger partial charge in [-0.15, -0.1) is 0 Å². The van der Waals surface area contributed by atoms with Crippen LogP contribution in [0.1, 0.15) is 34.6 Å². The molecule has 21 heavy (non-hydrogen) atoms. The maximum absolute atomic E-state index is 12.5. The number of carbonyl (C=O) groups excluding carboxylic acids is 1. The summed E-state index contributed by atoms with van der Waals surface area (Å²) in [5.41, 5.74) is 3.61. The maximum Gasteiger partial charge on any atom is 0.253 e. The number of aryl methyl sites for hydroxylation is 1. The Bertz CT molecular complexity index is 777. The highest BCUT2D eigenvalue weighted by molar-refractivity contribution is 6.06. The van der Waals surface area contributed by atoms with Crippen LogP contribution in [-0.2, 0) is 0 Å². The fourth-order valence-corrected chi connectivity index (χ4v) is 2.40. The molecule has 0 bridgehead atoms. The zero-order valence-corrected chi connectivity index (χ0v) is 12.1. The molecule has 106 valence electrons. The summed E-state index contributed by atoms with van der Waals surface area (Å²) in [6.45, 7) is 3.95. The van der Waals surface area contributed by atoms with Crippen LogP contribution < -0.4 is 5.32 Å². The fourth-order valence-electron chi connectivity index (χ4n) is 2.40. The van der Waals surface area contributed by atoms with Crippen LogP contribution in [-0.4, -0.2) is 15.9 Å². The predicted octanol–water partition coefficient (Wildman–Crippen LogP) is 3.36. The van der Waals surface area contributed by atoms with E-state index >= 15 is 0 Å². The first-order valence-corrected chi connectivity index (χ1v) is 6.94. The van der Waals surface area contributed by atoms with Crippen LogP contribution in [0.25, 0.3) is 10.9 Å². The molecule has 1 atom stereocenters. The molecule has 1 unspecified atom stereocenters. The van der Waals surface area contributed by atoms with Crippen molar-refractivity contribution in [2.75, 3.05) is 0 Å². The van der Waals surface area contributed by atoms with Gasteiger partial charge in [0.1, 0.15) is 0 Å². The van der Waals surface area contributed by atoms with Gasteiger partial charge in [0.25, 0.3) is 5.91 Å². The molecule has 0 aliphatic carbocycles. The molecule has 0 radical (unpaired) electrons. The first-order chi connectivity index (χ1) is 10.1. The molecule has 0 fully saturated rings. The van der Waals surface area contributed by atoms with E-state index in [-0.39, 0.29) is 11.9 Å². The van der Waals surface area contributed by atoms with Crippen molar-refractivity contribution in [3.8, 4) is 0 Å². The molecule has 4 nitrogen and oxygen atoms in total. The van der Waals surface area contributed by atoms with Crippen LogP contribution in [0.4, 0.5) is 0 Å². The molecule has 0 aliphatic rings. The van der Waals surface area contributed by atoms with E-state index in [2.05, 4.69) is 15.3 Å². The number of carbonyl (C=O) groups is 1. The highest BCUT2D eigenvalue weighted by Gasteiger charge is 2.15. The maximum atomic E-state index is 12.5. The minimum atomic E-state index is -0.131. The van der Waals surface area contributed by atoms with Gasteiger partial charge < -0.3 is 10.3 Å². The summed E-state index contributed by atoms with van der Waals surface area (Å²) in [5.74, 6) is -0.0926. The number of hydrogen-bond donors (Lipinski definition) is 2. The van der Waals surface area contributed by atoms with E-state index in [1.807, 2.05) is 50.2 Å². The Morgan fingerprint density at radius 2 is 2.14 bits per heavy atom. The largest absolute Gasteiger partial charge is 0.360 e. The quantitative estimate of drug-likeness (QED) is 0.772. The lowest BCUT2D eigenvalue weighted by atomic mass is 10.1. The lowest BCUT2D eigenvalue weighted by Crippen LogP contribution is -2.27. The average molecular weight is 279 g/mol. The number of hydrogen-bond acceptors (Lipinski definition) is 2. The molecule has 2 N–H and O–H groups in total. The number of benzene rings is 1. The molecular weight excluding hydrogens is 262 g/mol. The number of aromatic nitrogens is 2. The van der Waals surface area contributed by atoms with Gasteiger partial charge in [-0.05, 0) is 38.1 Å². The number of fused-ring (bicyclic) bond motifs is 1. The van der Waals surface area contributed by atoms with Crippen molar-refractivity contribution in [2.45, 2.75) is 19.9 Å². The van der Waals surface area contributed by atoms with Crippen molar-refractivity contribution in [2.24, 2.45) is 0 Å². The lowest BCUT2D eigenvalue weighted by molar-refractivity contribution is 0.0941. The Hall–Kier alpha value is -2.62. The van der Waals surface area contributed by atoms with E-state index in [0.717, 1.165) is 22.2 Å². The van der Waals surface area contributed by atoms with Crippen molar-refractivity contribution in [1.82, 2.24) is 15.3 Å². The third-order valence-corrected chi connectivity index (χ3v) is 3.56. The van der Waals surface area contributed by atoms with Crippen molar-refractivity contribution in [1.29, 1.82) is 0 Å². The normalized spacial score (nSPS) is 12.3. The number of amides is 1. The number of aromatic amines is 1. The molecule has 2 aromatic heterocycles. The first kappa shape index (κ1) is 13.4. The Morgan fingerprint density at radius 3 is 2.90 bits per heavy atom. The molecule has 0 spiro atoms. The van der Waals surface area contributed by atoms with Gasteiger partial charge in [-0.2, -0.15) is 0 Å². The van der Waals surface area contributed by atoms with Crippen molar-refractivity contribution in [3.63, 3.8) is 0 Å². The van der Waals surface area contributed by atoms with Gasteiger partial charge in [-0.3, -0.25) is 9.78 Å². The molecule has 4 heteroatoms. The van der Waals surface area contributed by atoms with E-state index < -0.39 is 0 Å². The Labute approximate surface area is 123 Å². The molecule has 1 amide bonds. The first-order valence-electron chi connectivity index (χ1n) is 6.94. The summed E-state index contributed by atoms with van der Waals surface area (Å²) in [6.07, 6.45) is 3.48. The standard InChI is InChI=1S/C17H17N3O/c1-11-6-7-16-13(9-11)14(10-19-16)17(21)20-12(2)15-5-3-4-8-18-15/h3-10,12,19H,1-2H3,(H,20,21). The van der Waals surface area contributed by atoms with Crippen LogP contribution in [0.5, 0.6) is 0 Å². The van der Waals surface area contributed by atoms with E-state index in [0.29, 0.717) is 5.56 Å². The highest BCUT2D eigenvalue weighted by atomic mass is 16.1. The lowest BCUT2D eigenvalue weighted by Gasteiger charge is -2.12. The zero-order chi connectivity index (χ0) is 14.8. The van der Waals surface area contributed by atoms with E-state index in [4.69, 9.17) is 0 Å². The van der Waals surface area contributed by atoms with Gasteiger partial charge in [0.05, 0.1) is 17.3 Å². The van der Waals surface area contributed by atoms with Crippen LogP contribution in [0, 0.1) is 6.92 Å². The zero-order valence-electron chi connectivity index (χ0n) is 12.1. The van der Waals surface area contributed by atoms with E-state index in [1.54, 1.807) is 12.4 Å². The summed E-state index contributed by atoms with van der Waals surface area (Å²) in [5, 5.41) is 3.93. The highest BCUT2D eigenvalue weighted by Crippen LogP contribution is 2.20. The number of nitrogens with one attached hydrogen (secondary N) is 2. The number of rotatable bonds is 3. The van der Waals surface area contributed by atoms with Crippen LogP contribution in [0.3, 0.4) is 0 Å². The minimum absolute atomic E-state index is 0.0926. The third-order valence-electron chi connectivity index (χ3n) is 3.56. The van der Waals surface area contributed by atoms with Gasteiger partial charge in [0.2, 0.25) is 0 Å². The molecule has 2 heterocycles. The molecule has 0 saturated heterocycles. The molecule has 0 saturated carbocycles. The monoisotopic (exact) mass is 279 g/mol. The molecular formula is C17H17N3O. The van der Waals surface area contributed by atoms with Crippen LogP contribution in [0.2, 0.25) is 0 Å². The Kier molecular flexibility index (Phi) is 3.44. The second-order valence-corrected chi connectivity index (χ2v) is 5.20. The summed E-state index contributed by atoms with van der Waals surface area (Å²) in [4.78, 5) is 19.9. The summed E-state index contributed by atoms with van der Waals surface area (Å²) >= 11 is 0. The smallest absolute Gasteiger partial charge is 0.253 e. The SMILES string of the molecule is Cc1ccc2[nH]cc(C(=O)NC(C)c3ccccn3)c2c1. The second kappa shape index (κ2) is 5.40. The Balaban J connectivity index is 1.86. The topological polar surface area (TPSA) is 57.8 Å². The van der Waals surface area contributed by atoms with Crippen molar-refractivity contribution < 1.29 is 4.79 Å². The molecule has 3 aromatic rings.